The van der Waals surface area contributed by atoms with Crippen molar-refractivity contribution in [3.8, 4) is 5.75 Å². The zero-order valence-corrected chi connectivity index (χ0v) is 15.9. The first-order valence-corrected chi connectivity index (χ1v) is 8.87. The summed E-state index contributed by atoms with van der Waals surface area (Å²) in [6.07, 6.45) is 0.517. The topological polar surface area (TPSA) is 90.8 Å². The minimum Gasteiger partial charge on any atom is -0.432 e. The van der Waals surface area contributed by atoms with Gasteiger partial charge in [0.05, 0.1) is 4.92 Å². The van der Waals surface area contributed by atoms with Gasteiger partial charge in [-0.2, -0.15) is 0 Å². The lowest BCUT2D eigenvalue weighted by molar-refractivity contribution is -0.385. The second kappa shape index (κ2) is 8.84. The van der Waals surface area contributed by atoms with Crippen LogP contribution in [0.4, 0.5) is 5.69 Å². The maximum atomic E-state index is 10.9. The smallest absolute Gasteiger partial charge is 0.271 e. The number of aryl methyl sites for hydroxylation is 2. The van der Waals surface area contributed by atoms with Gasteiger partial charge in [-0.3, -0.25) is 15.3 Å². The third-order valence-electron chi connectivity index (χ3n) is 3.52. The van der Waals surface area contributed by atoms with Gasteiger partial charge in [-0.05, 0) is 42.7 Å². The summed E-state index contributed by atoms with van der Waals surface area (Å²) in [5.74, 6) is 0.492. The molecule has 0 heterocycles. The molecule has 0 saturated carbocycles. The van der Waals surface area contributed by atoms with E-state index in [9.17, 15) is 10.1 Å². The van der Waals surface area contributed by atoms with Gasteiger partial charge in [0.25, 0.3) is 10.9 Å². The molecular formula is C18H18ClN3O3S. The van der Waals surface area contributed by atoms with Crippen molar-refractivity contribution in [2.45, 2.75) is 20.3 Å². The number of rotatable bonds is 5. The van der Waals surface area contributed by atoms with Crippen molar-refractivity contribution in [1.29, 1.82) is 0 Å². The summed E-state index contributed by atoms with van der Waals surface area (Å²) in [6, 6.07) is 10.3. The highest BCUT2D eigenvalue weighted by molar-refractivity contribution is 8.11. The van der Waals surface area contributed by atoms with Crippen LogP contribution >= 0.6 is 23.5 Å². The third-order valence-corrected chi connectivity index (χ3v) is 4.15. The number of non-ortho nitro benzene ring substituents is 1. The molecule has 0 atom stereocenters. The predicted octanol–water partition coefficient (Wildman–Crippen LogP) is 4.96. The molecule has 2 aromatic rings. The first-order chi connectivity index (χ1) is 12.3. The lowest BCUT2D eigenvalue weighted by atomic mass is 10.1. The van der Waals surface area contributed by atoms with E-state index >= 15 is 0 Å². The molecule has 2 rings (SSSR count). The number of nitrogens with two attached hydrogens (primary N) is 1. The Bertz CT molecular complexity index is 843. The number of nitrogens with zero attached hydrogens (tertiary/aromatic N) is 2. The Labute approximate surface area is 161 Å². The fourth-order valence-electron chi connectivity index (χ4n) is 2.36. The van der Waals surface area contributed by atoms with Gasteiger partial charge >= 0.3 is 0 Å². The van der Waals surface area contributed by atoms with Crippen molar-refractivity contribution >= 4 is 34.5 Å². The van der Waals surface area contributed by atoms with Gasteiger partial charge in [-0.25, -0.2) is 4.99 Å². The molecule has 0 spiro atoms. The summed E-state index contributed by atoms with van der Waals surface area (Å²) in [6.45, 7) is 7.39. The molecule has 8 heteroatoms. The second-order valence-electron chi connectivity index (χ2n) is 5.63. The van der Waals surface area contributed by atoms with Gasteiger partial charge in [0.2, 0.25) is 0 Å². The molecule has 0 radical (unpaired) electrons. The van der Waals surface area contributed by atoms with Crippen LogP contribution in [0, 0.1) is 24.0 Å². The quantitative estimate of drug-likeness (QED) is 0.255. The highest BCUT2D eigenvalue weighted by Crippen LogP contribution is 2.29. The Morgan fingerprint density at radius 3 is 2.38 bits per heavy atom. The predicted molar refractivity (Wildman–Crippen MR) is 107 cm³/mol. The Kier molecular flexibility index (Phi) is 6.79. The first-order valence-electron chi connectivity index (χ1n) is 7.61. The van der Waals surface area contributed by atoms with E-state index in [2.05, 4.69) is 11.6 Å². The van der Waals surface area contributed by atoms with E-state index in [-0.39, 0.29) is 10.9 Å². The molecule has 2 N–H and O–H groups in total. The summed E-state index contributed by atoms with van der Waals surface area (Å²) < 4.78 is 5.77. The molecule has 0 aliphatic rings. The van der Waals surface area contributed by atoms with Gasteiger partial charge in [-0.1, -0.05) is 30.3 Å². The average molecular weight is 392 g/mol. The third kappa shape index (κ3) is 5.32. The Morgan fingerprint density at radius 1 is 1.31 bits per heavy atom. The van der Waals surface area contributed by atoms with E-state index in [0.29, 0.717) is 34.0 Å². The monoisotopic (exact) mass is 391 g/mol. The molecule has 0 unspecified atom stereocenters. The number of halogens is 1. The van der Waals surface area contributed by atoms with Crippen molar-refractivity contribution in [2.24, 2.45) is 10.1 Å². The van der Waals surface area contributed by atoms with Crippen LogP contribution in [-0.4, -0.2) is 10.2 Å². The van der Waals surface area contributed by atoms with Crippen LogP contribution in [0.3, 0.4) is 0 Å². The lowest BCUT2D eigenvalue weighted by Crippen LogP contribution is -2.10. The standard InChI is InChI=1S/C18H18ClN3O3S/c1-11-8-16(22(23)24)9-12(2)17(11)25-18(26-20)21-13(3)10-14-4-6-15(19)7-5-14/h4-9H,3,10,20H2,1-2H3. The molecule has 2 aromatic carbocycles. The van der Waals surface area contributed by atoms with Crippen molar-refractivity contribution in [3.05, 3.63) is 80.5 Å². The molecule has 0 bridgehead atoms. The number of benzene rings is 2. The highest BCUT2D eigenvalue weighted by Gasteiger charge is 2.15. The van der Waals surface area contributed by atoms with Gasteiger partial charge in [-0.15, -0.1) is 0 Å². The minimum absolute atomic E-state index is 0.0124. The van der Waals surface area contributed by atoms with Gasteiger partial charge < -0.3 is 4.74 Å². The number of hydrogen-bond acceptors (Lipinski definition) is 6. The zero-order chi connectivity index (χ0) is 19.3. The fourth-order valence-corrected chi connectivity index (χ4v) is 2.80. The Hall–Kier alpha value is -2.35. The van der Waals surface area contributed by atoms with E-state index in [4.69, 9.17) is 21.5 Å². The van der Waals surface area contributed by atoms with Crippen LogP contribution in [0.2, 0.25) is 5.02 Å². The lowest BCUT2D eigenvalue weighted by Gasteiger charge is -2.12. The van der Waals surface area contributed by atoms with Crippen LogP contribution in [0.1, 0.15) is 16.7 Å². The number of hydrogen-bond donors (Lipinski definition) is 1. The van der Waals surface area contributed by atoms with Crippen LogP contribution in [0.5, 0.6) is 5.75 Å². The minimum atomic E-state index is -0.440. The molecule has 0 aromatic heterocycles. The van der Waals surface area contributed by atoms with Crippen molar-refractivity contribution in [1.82, 2.24) is 0 Å². The zero-order valence-electron chi connectivity index (χ0n) is 14.4. The van der Waals surface area contributed by atoms with Gasteiger partial charge in [0, 0.05) is 41.2 Å². The van der Waals surface area contributed by atoms with Crippen LogP contribution < -0.4 is 9.88 Å². The number of ether oxygens (including phenoxy) is 1. The van der Waals surface area contributed by atoms with Gasteiger partial charge in [0.1, 0.15) is 5.75 Å². The number of allylic oxidation sites excluding steroid dienone is 1. The molecule has 0 amide bonds. The van der Waals surface area contributed by atoms with Crippen molar-refractivity contribution < 1.29 is 9.66 Å². The molecule has 0 aliphatic heterocycles. The Balaban J connectivity index is 2.18. The van der Waals surface area contributed by atoms with E-state index in [1.807, 2.05) is 12.1 Å². The molecule has 6 nitrogen and oxygen atoms in total. The largest absolute Gasteiger partial charge is 0.432 e. The van der Waals surface area contributed by atoms with E-state index < -0.39 is 4.92 Å². The molecule has 0 saturated heterocycles. The van der Waals surface area contributed by atoms with Crippen LogP contribution in [-0.2, 0) is 6.42 Å². The fraction of sp³-hybridized carbons (Fsp3) is 0.167. The summed E-state index contributed by atoms with van der Waals surface area (Å²) >= 11 is 6.72. The molecule has 0 aliphatic carbocycles. The van der Waals surface area contributed by atoms with E-state index in [1.54, 1.807) is 26.0 Å². The van der Waals surface area contributed by atoms with Gasteiger partial charge in [0.15, 0.2) is 0 Å². The maximum absolute atomic E-state index is 10.9. The Morgan fingerprint density at radius 2 is 1.88 bits per heavy atom. The normalized spacial score (nSPS) is 11.3. The molecule has 26 heavy (non-hydrogen) atoms. The molecule has 136 valence electrons. The average Bonchev–Trinajstić information content (AvgIpc) is 2.58. The summed E-state index contributed by atoms with van der Waals surface area (Å²) in [5, 5.41) is 17.5. The number of nitro benzene ring substituents is 1. The maximum Gasteiger partial charge on any atom is 0.271 e. The van der Waals surface area contributed by atoms with E-state index in [1.165, 1.54) is 12.1 Å². The highest BCUT2D eigenvalue weighted by atomic mass is 35.5. The van der Waals surface area contributed by atoms with Crippen molar-refractivity contribution in [2.75, 3.05) is 0 Å². The summed E-state index contributed by atoms with van der Waals surface area (Å²) in [5.41, 5.74) is 2.84. The van der Waals surface area contributed by atoms with E-state index in [0.717, 1.165) is 17.5 Å². The summed E-state index contributed by atoms with van der Waals surface area (Å²) in [7, 11) is 0. The van der Waals surface area contributed by atoms with Crippen LogP contribution in [0.25, 0.3) is 0 Å². The SMILES string of the molecule is C=C(Cc1ccc(Cl)cc1)N=C(Oc1c(C)cc([N+](=O)[O-])cc1C)SN. The molecule has 0 fully saturated rings. The molecular weight excluding hydrogens is 374 g/mol. The second-order valence-corrected chi connectivity index (χ2v) is 6.65. The first kappa shape index (κ1) is 20.0. The number of nitro groups is 1. The van der Waals surface area contributed by atoms with Crippen molar-refractivity contribution in [3.63, 3.8) is 0 Å². The van der Waals surface area contributed by atoms with Crippen LogP contribution in [0.15, 0.2) is 53.7 Å². The number of aliphatic imine (C=N–C) groups is 1. The summed E-state index contributed by atoms with van der Waals surface area (Å²) in [4.78, 5) is 14.8.